The highest BCUT2D eigenvalue weighted by molar-refractivity contribution is 7.04. The molecule has 270 valence electrons. The molecule has 0 aliphatic carbocycles. The van der Waals surface area contributed by atoms with E-state index in [1.54, 1.807) is 0 Å². The van der Waals surface area contributed by atoms with Crippen molar-refractivity contribution in [1.29, 1.82) is 0 Å². The molecule has 9 aromatic rings. The first-order valence-electron chi connectivity index (χ1n) is 19.3. The van der Waals surface area contributed by atoms with Gasteiger partial charge < -0.3 is 0 Å². The summed E-state index contributed by atoms with van der Waals surface area (Å²) in [6.45, 7) is 4.84. The van der Waals surface area contributed by atoms with E-state index >= 15 is 0 Å². The Morgan fingerprint density at radius 3 is 1.16 bits per heavy atom. The molecule has 2 aromatic heterocycles. The minimum atomic E-state index is -2.03. The molecule has 0 amide bonds. The number of fused-ring (bicyclic) bond motifs is 3. The summed E-state index contributed by atoms with van der Waals surface area (Å²) < 4.78 is 0. The van der Waals surface area contributed by atoms with Crippen molar-refractivity contribution in [3.8, 4) is 90.3 Å². The summed E-state index contributed by atoms with van der Waals surface area (Å²) in [5.74, 6) is 2.66. The van der Waals surface area contributed by atoms with Crippen LogP contribution in [0.4, 0.5) is 0 Å². The van der Waals surface area contributed by atoms with Crippen LogP contribution in [0.2, 0.25) is 13.1 Å². The first-order valence-corrected chi connectivity index (χ1v) is 22.3. The third kappa shape index (κ3) is 6.36. The van der Waals surface area contributed by atoms with Crippen LogP contribution < -0.4 is 10.4 Å². The van der Waals surface area contributed by atoms with Gasteiger partial charge in [-0.05, 0) is 56.4 Å². The van der Waals surface area contributed by atoms with Crippen molar-refractivity contribution in [2.24, 2.45) is 0 Å². The van der Waals surface area contributed by atoms with Crippen molar-refractivity contribution >= 4 is 18.4 Å². The van der Waals surface area contributed by atoms with E-state index in [-0.39, 0.29) is 0 Å². The van der Waals surface area contributed by atoms with Crippen LogP contribution in [0.3, 0.4) is 0 Å². The van der Waals surface area contributed by atoms with Gasteiger partial charge in [-0.2, -0.15) is 0 Å². The maximum absolute atomic E-state index is 5.36. The van der Waals surface area contributed by atoms with E-state index in [0.29, 0.717) is 17.5 Å². The SMILES string of the molecule is C[Si]1(C)c2ccccc2-c2nc(-c3cccc(-c4cccc(-c5cccc(-c6nc(-c7ccccc7)nc(-c7ccccc7)n6)c5)c4)c3)nc(-c3ccccc3)c21. The predicted octanol–water partition coefficient (Wildman–Crippen LogP) is 11.1. The minimum Gasteiger partial charge on any atom is -0.228 e. The summed E-state index contributed by atoms with van der Waals surface area (Å²) in [5, 5.41) is 2.73. The van der Waals surface area contributed by atoms with Gasteiger partial charge in [-0.3, -0.25) is 0 Å². The van der Waals surface area contributed by atoms with E-state index < -0.39 is 8.07 Å². The highest BCUT2D eigenvalue weighted by atomic mass is 28.3. The molecule has 3 heterocycles. The molecule has 1 aliphatic rings. The molecule has 0 fully saturated rings. The summed E-state index contributed by atoms with van der Waals surface area (Å²) in [6, 6.07) is 65.3. The van der Waals surface area contributed by atoms with E-state index in [1.807, 2.05) is 60.7 Å². The van der Waals surface area contributed by atoms with Crippen molar-refractivity contribution < 1.29 is 0 Å². The fraction of sp³-hybridized carbons (Fsp3) is 0.0392. The Balaban J connectivity index is 1.03. The molecule has 0 N–H and O–H groups in total. The largest absolute Gasteiger partial charge is 0.228 e. The summed E-state index contributed by atoms with van der Waals surface area (Å²) in [6.07, 6.45) is 0. The van der Waals surface area contributed by atoms with Crippen molar-refractivity contribution in [1.82, 2.24) is 24.9 Å². The van der Waals surface area contributed by atoms with E-state index in [9.17, 15) is 0 Å². The van der Waals surface area contributed by atoms with Gasteiger partial charge in [-0.1, -0.05) is 183 Å². The van der Waals surface area contributed by atoms with Crippen LogP contribution in [0.5, 0.6) is 0 Å². The fourth-order valence-corrected chi connectivity index (χ4v) is 11.3. The number of hydrogen-bond acceptors (Lipinski definition) is 5. The predicted molar refractivity (Wildman–Crippen MR) is 236 cm³/mol. The second kappa shape index (κ2) is 14.2. The zero-order valence-electron chi connectivity index (χ0n) is 31.6. The monoisotopic (exact) mass is 747 g/mol. The molecule has 0 radical (unpaired) electrons. The smallest absolute Gasteiger partial charge is 0.164 e. The van der Waals surface area contributed by atoms with Gasteiger partial charge in [0, 0.05) is 27.8 Å². The van der Waals surface area contributed by atoms with Gasteiger partial charge in [-0.25, -0.2) is 24.9 Å². The molecule has 0 spiro atoms. The maximum atomic E-state index is 5.36. The Kier molecular flexibility index (Phi) is 8.54. The van der Waals surface area contributed by atoms with Gasteiger partial charge >= 0.3 is 0 Å². The molecular formula is C51H37N5Si. The second-order valence-corrected chi connectivity index (χ2v) is 19.2. The third-order valence-corrected chi connectivity index (χ3v) is 14.4. The Hall–Kier alpha value is -7.15. The average Bonchev–Trinajstić information content (AvgIpc) is 3.52. The summed E-state index contributed by atoms with van der Waals surface area (Å²) in [5.41, 5.74) is 12.7. The van der Waals surface area contributed by atoms with Crippen LogP contribution in [0.25, 0.3) is 90.3 Å². The van der Waals surface area contributed by atoms with Gasteiger partial charge in [0.2, 0.25) is 0 Å². The molecular weight excluding hydrogens is 711 g/mol. The molecule has 6 heteroatoms. The number of hydrogen-bond donors (Lipinski definition) is 0. The Morgan fingerprint density at radius 2 is 0.649 bits per heavy atom. The minimum absolute atomic E-state index is 0.631. The van der Waals surface area contributed by atoms with E-state index in [2.05, 4.69) is 140 Å². The quantitative estimate of drug-likeness (QED) is 0.152. The highest BCUT2D eigenvalue weighted by Gasteiger charge is 2.41. The normalized spacial score (nSPS) is 12.5. The summed E-state index contributed by atoms with van der Waals surface area (Å²) in [7, 11) is -2.03. The number of aromatic nitrogens is 5. The topological polar surface area (TPSA) is 64.5 Å². The maximum Gasteiger partial charge on any atom is 0.164 e. The zero-order valence-corrected chi connectivity index (χ0v) is 32.6. The molecule has 0 saturated heterocycles. The van der Waals surface area contributed by atoms with Crippen molar-refractivity contribution in [2.45, 2.75) is 13.1 Å². The molecule has 0 atom stereocenters. The third-order valence-electron chi connectivity index (χ3n) is 10.9. The lowest BCUT2D eigenvalue weighted by atomic mass is 9.97. The van der Waals surface area contributed by atoms with Crippen molar-refractivity contribution in [3.63, 3.8) is 0 Å². The Labute approximate surface area is 333 Å². The number of benzene rings is 7. The van der Waals surface area contributed by atoms with Gasteiger partial charge in [0.15, 0.2) is 23.3 Å². The zero-order chi connectivity index (χ0) is 38.3. The number of nitrogens with zero attached hydrogens (tertiary/aromatic N) is 5. The lowest BCUT2D eigenvalue weighted by Crippen LogP contribution is -2.50. The molecule has 5 nitrogen and oxygen atoms in total. The second-order valence-electron chi connectivity index (χ2n) is 14.9. The standard InChI is InChI=1S/C51H37N5Si/c1-57(2)44-30-13-12-29-43(44)46-47(57)45(34-17-6-3-7-18-34)52-50(53-46)41-27-15-25-39(32-41)37-23-14-24-38(31-37)40-26-16-28-42(33-40)51-55-48(35-19-8-4-9-20-35)54-49(56-51)36-21-10-5-11-22-36/h3-33H,1-2H3. The summed E-state index contributed by atoms with van der Waals surface area (Å²) in [4.78, 5) is 25.5. The Bertz CT molecular complexity index is 2870. The van der Waals surface area contributed by atoms with Crippen molar-refractivity contribution in [3.05, 3.63) is 188 Å². The first-order chi connectivity index (χ1) is 28.0. The van der Waals surface area contributed by atoms with Gasteiger partial charge in [0.1, 0.15) is 8.07 Å². The van der Waals surface area contributed by atoms with Crippen molar-refractivity contribution in [2.75, 3.05) is 0 Å². The molecule has 7 aromatic carbocycles. The van der Waals surface area contributed by atoms with Gasteiger partial charge in [0.25, 0.3) is 0 Å². The van der Waals surface area contributed by atoms with Gasteiger partial charge in [-0.15, -0.1) is 0 Å². The van der Waals surface area contributed by atoms with E-state index in [4.69, 9.17) is 24.9 Å². The molecule has 57 heavy (non-hydrogen) atoms. The highest BCUT2D eigenvalue weighted by Crippen LogP contribution is 2.35. The molecule has 0 unspecified atom stereocenters. The van der Waals surface area contributed by atoms with Gasteiger partial charge in [0.05, 0.1) is 11.4 Å². The Morgan fingerprint density at radius 1 is 0.298 bits per heavy atom. The first kappa shape index (κ1) is 34.3. The van der Waals surface area contributed by atoms with E-state index in [0.717, 1.165) is 67.3 Å². The molecule has 1 aliphatic heterocycles. The molecule has 10 rings (SSSR count). The van der Waals surface area contributed by atoms with E-state index in [1.165, 1.54) is 15.9 Å². The lowest BCUT2D eigenvalue weighted by molar-refractivity contribution is 1.07. The molecule has 0 saturated carbocycles. The van der Waals surface area contributed by atoms with Crippen LogP contribution in [-0.2, 0) is 0 Å². The summed E-state index contributed by atoms with van der Waals surface area (Å²) >= 11 is 0. The van der Waals surface area contributed by atoms with Crippen LogP contribution in [-0.4, -0.2) is 33.0 Å². The number of rotatable bonds is 7. The van der Waals surface area contributed by atoms with Crippen LogP contribution in [0.15, 0.2) is 188 Å². The average molecular weight is 748 g/mol. The van der Waals surface area contributed by atoms with Crippen LogP contribution >= 0.6 is 0 Å². The molecule has 0 bridgehead atoms. The lowest BCUT2D eigenvalue weighted by Gasteiger charge is -2.21. The fourth-order valence-electron chi connectivity index (χ4n) is 8.04. The van der Waals surface area contributed by atoms with Crippen LogP contribution in [0.1, 0.15) is 0 Å². The van der Waals surface area contributed by atoms with Crippen LogP contribution in [0, 0.1) is 0 Å².